The maximum absolute atomic E-state index is 9.30. The Balaban J connectivity index is 2.57. The van der Waals surface area contributed by atoms with Gasteiger partial charge in [-0.3, -0.25) is 0 Å². The van der Waals surface area contributed by atoms with Gasteiger partial charge in [0.25, 0.3) is 0 Å². The summed E-state index contributed by atoms with van der Waals surface area (Å²) in [5, 5.41) is 18.4. The van der Waals surface area contributed by atoms with Crippen molar-refractivity contribution in [1.29, 1.82) is 0 Å². The van der Waals surface area contributed by atoms with E-state index in [9.17, 15) is 5.11 Å². The van der Waals surface area contributed by atoms with Gasteiger partial charge in [0, 0.05) is 12.3 Å². The normalized spacial score (nSPS) is 41.9. The van der Waals surface area contributed by atoms with Gasteiger partial charge in [-0.15, -0.1) is 0 Å². The molecule has 0 saturated heterocycles. The van der Waals surface area contributed by atoms with Crippen molar-refractivity contribution in [3.63, 3.8) is 0 Å². The van der Waals surface area contributed by atoms with E-state index in [-0.39, 0.29) is 12.0 Å². The SMILES string of the molecule is C=C1CC(O)CC(O)C1C. The molecule has 2 N–H and O–H groups in total. The maximum atomic E-state index is 9.30. The molecule has 0 amide bonds. The summed E-state index contributed by atoms with van der Waals surface area (Å²) in [4.78, 5) is 0. The van der Waals surface area contributed by atoms with Gasteiger partial charge in [-0.05, 0) is 6.42 Å². The number of aliphatic hydroxyl groups is 2. The predicted molar refractivity (Wildman–Crippen MR) is 39.6 cm³/mol. The standard InChI is InChI=1S/C8H14O2/c1-5-3-7(9)4-8(10)6(5)2/h6-10H,1,3-4H2,2H3. The summed E-state index contributed by atoms with van der Waals surface area (Å²) < 4.78 is 0. The first-order valence-electron chi connectivity index (χ1n) is 3.65. The van der Waals surface area contributed by atoms with Gasteiger partial charge in [0.15, 0.2) is 0 Å². The molecule has 0 bridgehead atoms. The van der Waals surface area contributed by atoms with E-state index in [1.54, 1.807) is 0 Å². The average molecular weight is 142 g/mol. The van der Waals surface area contributed by atoms with Crippen LogP contribution in [0.4, 0.5) is 0 Å². The van der Waals surface area contributed by atoms with Crippen LogP contribution in [0.1, 0.15) is 19.8 Å². The lowest BCUT2D eigenvalue weighted by molar-refractivity contribution is 0.0336. The van der Waals surface area contributed by atoms with Crippen molar-refractivity contribution in [2.75, 3.05) is 0 Å². The van der Waals surface area contributed by atoms with Crippen LogP contribution >= 0.6 is 0 Å². The summed E-state index contributed by atoms with van der Waals surface area (Å²) in [7, 11) is 0. The third-order valence-corrected chi connectivity index (χ3v) is 2.23. The lowest BCUT2D eigenvalue weighted by atomic mass is 9.83. The highest BCUT2D eigenvalue weighted by Gasteiger charge is 2.27. The van der Waals surface area contributed by atoms with Crippen LogP contribution in [-0.4, -0.2) is 22.4 Å². The summed E-state index contributed by atoms with van der Waals surface area (Å²) in [6.45, 7) is 5.72. The van der Waals surface area contributed by atoms with Crippen molar-refractivity contribution in [2.24, 2.45) is 5.92 Å². The van der Waals surface area contributed by atoms with E-state index in [0.29, 0.717) is 12.8 Å². The fourth-order valence-corrected chi connectivity index (χ4v) is 1.33. The summed E-state index contributed by atoms with van der Waals surface area (Å²) in [5.41, 5.74) is 0.964. The molecule has 0 radical (unpaired) electrons. The second-order valence-corrected chi connectivity index (χ2v) is 3.11. The monoisotopic (exact) mass is 142 g/mol. The minimum absolute atomic E-state index is 0.156. The molecule has 2 nitrogen and oxygen atoms in total. The molecular weight excluding hydrogens is 128 g/mol. The lowest BCUT2D eigenvalue weighted by Gasteiger charge is -2.29. The Morgan fingerprint density at radius 3 is 2.60 bits per heavy atom. The molecule has 1 aliphatic carbocycles. The molecule has 1 aliphatic rings. The first kappa shape index (κ1) is 7.76. The topological polar surface area (TPSA) is 40.5 Å². The zero-order chi connectivity index (χ0) is 7.72. The molecule has 1 fully saturated rings. The van der Waals surface area contributed by atoms with Crippen molar-refractivity contribution in [2.45, 2.75) is 32.0 Å². The first-order chi connectivity index (χ1) is 4.61. The molecule has 0 spiro atoms. The van der Waals surface area contributed by atoms with Gasteiger partial charge in [0.1, 0.15) is 0 Å². The lowest BCUT2D eigenvalue weighted by Crippen LogP contribution is -2.31. The largest absolute Gasteiger partial charge is 0.393 e. The smallest absolute Gasteiger partial charge is 0.0627 e. The van der Waals surface area contributed by atoms with Crippen LogP contribution in [0.25, 0.3) is 0 Å². The second kappa shape index (κ2) is 2.72. The minimum atomic E-state index is -0.392. The minimum Gasteiger partial charge on any atom is -0.393 e. The van der Waals surface area contributed by atoms with Gasteiger partial charge in [-0.1, -0.05) is 19.1 Å². The first-order valence-corrected chi connectivity index (χ1v) is 3.65. The highest BCUT2D eigenvalue weighted by molar-refractivity contribution is 5.07. The van der Waals surface area contributed by atoms with E-state index >= 15 is 0 Å². The van der Waals surface area contributed by atoms with E-state index < -0.39 is 6.10 Å². The molecule has 0 aromatic carbocycles. The molecule has 0 aromatic rings. The average Bonchev–Trinajstić information content (AvgIpc) is 1.82. The van der Waals surface area contributed by atoms with E-state index in [1.807, 2.05) is 6.92 Å². The van der Waals surface area contributed by atoms with Crippen molar-refractivity contribution in [1.82, 2.24) is 0 Å². The van der Waals surface area contributed by atoms with Gasteiger partial charge in [-0.2, -0.15) is 0 Å². The number of rotatable bonds is 0. The summed E-state index contributed by atoms with van der Waals surface area (Å²) >= 11 is 0. The number of aliphatic hydroxyl groups excluding tert-OH is 2. The molecule has 3 atom stereocenters. The van der Waals surface area contributed by atoms with Crippen LogP contribution in [-0.2, 0) is 0 Å². The number of hydrogen-bond acceptors (Lipinski definition) is 2. The maximum Gasteiger partial charge on any atom is 0.0627 e. The predicted octanol–water partition coefficient (Wildman–Crippen LogP) is 0.694. The van der Waals surface area contributed by atoms with Gasteiger partial charge in [0.05, 0.1) is 12.2 Å². The van der Waals surface area contributed by atoms with Crippen LogP contribution in [0.15, 0.2) is 12.2 Å². The zero-order valence-corrected chi connectivity index (χ0v) is 6.25. The van der Waals surface area contributed by atoms with Crippen molar-refractivity contribution in [3.8, 4) is 0 Å². The highest BCUT2D eigenvalue weighted by Crippen LogP contribution is 2.27. The molecular formula is C8H14O2. The Hall–Kier alpha value is -0.340. The Bertz CT molecular complexity index is 142. The van der Waals surface area contributed by atoms with E-state index in [0.717, 1.165) is 5.57 Å². The van der Waals surface area contributed by atoms with E-state index in [1.165, 1.54) is 0 Å². The molecule has 0 aliphatic heterocycles. The third-order valence-electron chi connectivity index (χ3n) is 2.23. The summed E-state index contributed by atoms with van der Waals surface area (Å²) in [6.07, 6.45) is 0.383. The van der Waals surface area contributed by atoms with Gasteiger partial charge < -0.3 is 10.2 Å². The Labute approximate surface area is 61.2 Å². The fraction of sp³-hybridized carbons (Fsp3) is 0.750. The van der Waals surface area contributed by atoms with Crippen LogP contribution in [0.2, 0.25) is 0 Å². The number of hydrogen-bond donors (Lipinski definition) is 2. The van der Waals surface area contributed by atoms with E-state index in [4.69, 9.17) is 5.11 Å². The van der Waals surface area contributed by atoms with Gasteiger partial charge in [0.2, 0.25) is 0 Å². The Kier molecular flexibility index (Phi) is 2.11. The van der Waals surface area contributed by atoms with Crippen LogP contribution in [0, 0.1) is 5.92 Å². The molecule has 0 aromatic heterocycles. The molecule has 3 unspecified atom stereocenters. The van der Waals surface area contributed by atoms with Crippen LogP contribution in [0.5, 0.6) is 0 Å². The third kappa shape index (κ3) is 1.39. The molecule has 1 rings (SSSR count). The Morgan fingerprint density at radius 2 is 2.10 bits per heavy atom. The molecule has 10 heavy (non-hydrogen) atoms. The second-order valence-electron chi connectivity index (χ2n) is 3.11. The zero-order valence-electron chi connectivity index (χ0n) is 6.25. The van der Waals surface area contributed by atoms with Crippen LogP contribution in [0.3, 0.4) is 0 Å². The molecule has 1 saturated carbocycles. The summed E-state index contributed by atoms with van der Waals surface area (Å²) in [6, 6.07) is 0. The molecule has 2 heteroatoms. The molecule has 58 valence electrons. The Morgan fingerprint density at radius 1 is 1.50 bits per heavy atom. The van der Waals surface area contributed by atoms with Gasteiger partial charge in [-0.25, -0.2) is 0 Å². The van der Waals surface area contributed by atoms with Gasteiger partial charge >= 0.3 is 0 Å². The molecule has 0 heterocycles. The van der Waals surface area contributed by atoms with Crippen molar-refractivity contribution in [3.05, 3.63) is 12.2 Å². The fourth-order valence-electron chi connectivity index (χ4n) is 1.33. The highest BCUT2D eigenvalue weighted by atomic mass is 16.3. The van der Waals surface area contributed by atoms with Crippen LogP contribution < -0.4 is 0 Å². The summed E-state index contributed by atoms with van der Waals surface area (Å²) in [5.74, 6) is 0.156. The quantitative estimate of drug-likeness (QED) is 0.489. The van der Waals surface area contributed by atoms with E-state index in [2.05, 4.69) is 6.58 Å². The van der Waals surface area contributed by atoms with Crippen molar-refractivity contribution >= 4 is 0 Å². The van der Waals surface area contributed by atoms with Crippen molar-refractivity contribution < 1.29 is 10.2 Å².